The number of benzene rings is 8. The molecule has 3 heterocycles. The van der Waals surface area contributed by atoms with Crippen LogP contribution in [0.15, 0.2) is 203 Å². The molecule has 0 N–H and O–H groups in total. The minimum Gasteiger partial charge on any atom is -0.497 e. The third-order valence-corrected chi connectivity index (χ3v) is 19.0. The predicted octanol–water partition coefficient (Wildman–Crippen LogP) is 15.8. The summed E-state index contributed by atoms with van der Waals surface area (Å²) in [6, 6.07) is 52.5. The summed E-state index contributed by atoms with van der Waals surface area (Å²) in [6.45, 7) is 5.42. The van der Waals surface area contributed by atoms with Crippen LogP contribution in [-0.2, 0) is 76.9 Å². The number of rotatable bonds is 8. The van der Waals surface area contributed by atoms with E-state index in [0.717, 1.165) is 165 Å². The fourth-order valence-corrected chi connectivity index (χ4v) is 14.3. The molecule has 0 amide bonds. The molecule has 0 fully saturated rings. The molecule has 6 aliphatic rings. The highest BCUT2D eigenvalue weighted by molar-refractivity contribution is 8.01. The third kappa shape index (κ3) is 21.0. The van der Waals surface area contributed by atoms with E-state index >= 15 is 0 Å². The monoisotopic (exact) mass is 1420 g/mol. The quantitative estimate of drug-likeness (QED) is 0.0777. The molecule has 0 unspecified atom stereocenters. The van der Waals surface area contributed by atoms with Crippen LogP contribution in [0.25, 0.3) is 21.5 Å². The van der Waals surface area contributed by atoms with Crippen molar-refractivity contribution in [3.8, 4) is 11.5 Å². The minimum atomic E-state index is -0.808. The lowest BCUT2D eigenvalue weighted by atomic mass is 9.90. The number of thioether (sulfide) groups is 3. The van der Waals surface area contributed by atoms with E-state index in [1.807, 2.05) is 103 Å². The van der Waals surface area contributed by atoms with Gasteiger partial charge in [0.2, 0.25) is 0 Å². The lowest BCUT2D eigenvalue weighted by Crippen LogP contribution is -2.13. The maximum Gasteiger partial charge on any atom is 0.534 e. The van der Waals surface area contributed by atoms with Gasteiger partial charge in [0, 0.05) is 99.4 Å². The van der Waals surface area contributed by atoms with E-state index < -0.39 is 12.3 Å². The normalized spacial score (nSPS) is 16.3. The topological polar surface area (TPSA) is 269 Å². The first-order valence-electron chi connectivity index (χ1n) is 32.1. The Morgan fingerprint density at radius 2 is 0.802 bits per heavy atom. The SMILES string of the molecule is CC(=O)O/N=C1\CCSc2ccccc21.CC(=O)O/N=C1\CCc2c1ccc1ccccc21.CC(=O)O/N=C1\CSc2ccc3ccccc3c21.CC(=O)O/N=C1\CSc2ccccc21.COC(=O)O/N=C1\CCCc2cc(OC)ccc21.COC(=O)O/N=C1\CCCc2ccc(OC)cc21. The average molecular weight is 1420 g/mol. The Kier molecular flexibility index (Phi) is 27.7. The summed E-state index contributed by atoms with van der Waals surface area (Å²) in [5.41, 5.74) is 14.9. The molecule has 0 atom stereocenters. The number of carbonyl (C=O) groups is 6. The number of aryl methyl sites for hydroxylation is 3. The van der Waals surface area contributed by atoms with Gasteiger partial charge in [-0.1, -0.05) is 140 Å². The highest BCUT2D eigenvalue weighted by Gasteiger charge is 2.25. The van der Waals surface area contributed by atoms with Gasteiger partial charge in [-0.2, -0.15) is 0 Å². The van der Waals surface area contributed by atoms with E-state index in [-0.39, 0.29) is 23.9 Å². The van der Waals surface area contributed by atoms with Gasteiger partial charge in [0.1, 0.15) is 11.5 Å². The molecule has 25 heteroatoms. The second-order valence-corrected chi connectivity index (χ2v) is 25.7. The van der Waals surface area contributed by atoms with Crippen molar-refractivity contribution in [2.45, 2.75) is 100 Å². The Morgan fingerprint density at radius 3 is 1.43 bits per heavy atom. The summed E-state index contributed by atoms with van der Waals surface area (Å²) in [6.07, 6.45) is 6.52. The molecule has 8 aromatic carbocycles. The molecule has 14 rings (SSSR count). The zero-order chi connectivity index (χ0) is 71.6. The summed E-state index contributed by atoms with van der Waals surface area (Å²) >= 11 is 5.23. The average Bonchev–Trinajstić information content (AvgIpc) is 1.68. The lowest BCUT2D eigenvalue weighted by Gasteiger charge is -2.17. The number of methoxy groups -OCH3 is 4. The summed E-state index contributed by atoms with van der Waals surface area (Å²) in [4.78, 5) is 96.4. The Labute approximate surface area is 596 Å². The van der Waals surface area contributed by atoms with Gasteiger partial charge in [0.25, 0.3) is 0 Å². The van der Waals surface area contributed by atoms with Crippen molar-refractivity contribution in [3.05, 3.63) is 208 Å². The van der Waals surface area contributed by atoms with Crippen LogP contribution in [0.3, 0.4) is 0 Å². The summed E-state index contributed by atoms with van der Waals surface area (Å²) in [5, 5.41) is 28.1. The molecule has 0 radical (unpaired) electrons. The second-order valence-electron chi connectivity index (χ2n) is 22.5. The van der Waals surface area contributed by atoms with Crippen molar-refractivity contribution < 1.29 is 76.7 Å². The molecule has 0 aromatic heterocycles. The summed E-state index contributed by atoms with van der Waals surface area (Å²) < 4.78 is 19.1. The van der Waals surface area contributed by atoms with Crippen molar-refractivity contribution in [2.75, 3.05) is 45.7 Å². The van der Waals surface area contributed by atoms with Crippen LogP contribution in [0.2, 0.25) is 0 Å². The molecule has 3 aliphatic carbocycles. The first-order chi connectivity index (χ1) is 49.0. The molecular formula is C76H74N6O16S3. The summed E-state index contributed by atoms with van der Waals surface area (Å²) in [5.74, 6) is 2.56. The van der Waals surface area contributed by atoms with Crippen molar-refractivity contribution >= 4 is 127 Å². The van der Waals surface area contributed by atoms with Crippen molar-refractivity contribution in [2.24, 2.45) is 30.9 Å². The number of hydrogen-bond donors (Lipinski definition) is 0. The van der Waals surface area contributed by atoms with Crippen LogP contribution in [0.1, 0.15) is 116 Å². The molecule has 101 heavy (non-hydrogen) atoms. The molecular weight excluding hydrogens is 1350 g/mol. The highest BCUT2D eigenvalue weighted by Crippen LogP contribution is 2.38. The van der Waals surface area contributed by atoms with E-state index in [1.165, 1.54) is 83.9 Å². The van der Waals surface area contributed by atoms with Gasteiger partial charge < -0.3 is 38.3 Å². The van der Waals surface area contributed by atoms with E-state index in [4.69, 9.17) is 19.1 Å². The van der Waals surface area contributed by atoms with Crippen LogP contribution >= 0.6 is 35.3 Å². The minimum absolute atomic E-state index is 0.377. The fourth-order valence-electron chi connectivity index (χ4n) is 11.2. The molecule has 22 nitrogen and oxygen atoms in total. The van der Waals surface area contributed by atoms with Gasteiger partial charge in [0.05, 0.1) is 62.7 Å². The van der Waals surface area contributed by atoms with Crippen molar-refractivity contribution in [1.29, 1.82) is 0 Å². The smallest absolute Gasteiger partial charge is 0.497 e. The van der Waals surface area contributed by atoms with E-state index in [0.29, 0.717) is 0 Å². The molecule has 522 valence electrons. The number of oxime groups is 6. The number of ether oxygens (including phenoxy) is 4. The van der Waals surface area contributed by atoms with Crippen LogP contribution in [0.4, 0.5) is 9.59 Å². The molecule has 0 saturated heterocycles. The summed E-state index contributed by atoms with van der Waals surface area (Å²) in [7, 11) is 5.76. The van der Waals surface area contributed by atoms with Gasteiger partial charge in [-0.25, -0.2) is 28.8 Å². The molecule has 0 saturated carbocycles. The van der Waals surface area contributed by atoms with E-state index in [1.54, 1.807) is 49.5 Å². The Bertz CT molecular complexity index is 4570. The number of hydrogen-bond acceptors (Lipinski definition) is 25. The first-order valence-corrected chi connectivity index (χ1v) is 35.1. The van der Waals surface area contributed by atoms with Crippen LogP contribution in [-0.4, -0.2) is 116 Å². The lowest BCUT2D eigenvalue weighted by molar-refractivity contribution is -0.141. The molecule has 3 aliphatic heterocycles. The fraction of sp³-hybridized carbons (Fsp3) is 0.263. The van der Waals surface area contributed by atoms with Gasteiger partial charge in [-0.15, -0.1) is 35.3 Å². The van der Waals surface area contributed by atoms with E-state index in [2.05, 4.69) is 114 Å². The maximum atomic E-state index is 10.9. The highest BCUT2D eigenvalue weighted by atomic mass is 32.2. The Morgan fingerprint density at radius 1 is 0.347 bits per heavy atom. The largest absolute Gasteiger partial charge is 0.534 e. The molecule has 0 bridgehead atoms. The van der Waals surface area contributed by atoms with Crippen LogP contribution < -0.4 is 9.47 Å². The van der Waals surface area contributed by atoms with Crippen molar-refractivity contribution in [3.63, 3.8) is 0 Å². The van der Waals surface area contributed by atoms with Gasteiger partial charge in [-0.05, 0) is 138 Å². The number of fused-ring (bicyclic) bond motifs is 10. The van der Waals surface area contributed by atoms with Crippen LogP contribution in [0.5, 0.6) is 11.5 Å². The van der Waals surface area contributed by atoms with Gasteiger partial charge >= 0.3 is 36.2 Å². The van der Waals surface area contributed by atoms with E-state index in [9.17, 15) is 28.8 Å². The number of nitrogens with zero attached hydrogens (tertiary/aromatic N) is 6. The third-order valence-electron chi connectivity index (χ3n) is 15.8. The standard InChI is InChI=1S/C15H13NO2.C14H11NO2S.2C13H15NO4.C11H11NO2S.C10H9NO2S/c1-10(17)18-16-15-9-8-13-12-5-3-2-4-11(12)6-7-14(13)15;1-9(16)17-15-12-8-18-13-7-6-10-4-2-3-5-11(10)14(12)13;1-16-10-6-7-11-9(8-10)4-3-5-12(11)14-18-13(15)17-2;1-16-10-7-6-9-4-3-5-12(11(9)8-10)14-18-13(15)17-2;1-8(13)14-12-10-6-7-15-11-5-3-2-4-9(10)11;1-7(12)13-11-9-6-14-10-5-3-2-4-8(9)10/h2-7H,8-9H2,1H3;2-7H,8H2,1H3;2*6-8H,3-5H2,1-2H3;2-5H,6-7H2,1H3;2-5H,6H2,1H3/b16-15+;15-12+;2*14-12+;12-10+;11-9+. The zero-order valence-corrected chi connectivity index (χ0v) is 59.4. The first kappa shape index (κ1) is 74.6. The second kappa shape index (κ2) is 37.5. The Hall–Kier alpha value is -10.6. The Balaban J connectivity index is 0.000000142. The van der Waals surface area contributed by atoms with Gasteiger partial charge in [-0.3, -0.25) is 9.68 Å². The number of carbonyl (C=O) groups excluding carboxylic acids is 6. The maximum absolute atomic E-state index is 10.9. The molecule has 8 aromatic rings. The predicted molar refractivity (Wildman–Crippen MR) is 391 cm³/mol. The molecule has 0 spiro atoms. The van der Waals surface area contributed by atoms with Crippen LogP contribution in [0, 0.1) is 0 Å². The zero-order valence-electron chi connectivity index (χ0n) is 56.9. The van der Waals surface area contributed by atoms with Crippen molar-refractivity contribution in [1.82, 2.24) is 0 Å². The van der Waals surface area contributed by atoms with Gasteiger partial charge in [0.15, 0.2) is 0 Å².